The van der Waals surface area contributed by atoms with Gasteiger partial charge in [0.05, 0.1) is 11.6 Å². The summed E-state index contributed by atoms with van der Waals surface area (Å²) < 4.78 is 0. The molecule has 1 aromatic rings. The molecule has 88 valence electrons. The van der Waals surface area contributed by atoms with Gasteiger partial charge in [0.2, 0.25) is 0 Å². The number of hydrogen-bond donors (Lipinski definition) is 1. The summed E-state index contributed by atoms with van der Waals surface area (Å²) in [7, 11) is 0. The number of hydrogen-bond acceptors (Lipinski definition) is 2. The molecule has 1 aromatic carbocycles. The summed E-state index contributed by atoms with van der Waals surface area (Å²) in [6, 6.07) is 6.37. The second kappa shape index (κ2) is 3.77. The molecular weight excluding hydrogens is 198 g/mol. The van der Waals surface area contributed by atoms with E-state index in [9.17, 15) is 5.11 Å². The van der Waals surface area contributed by atoms with E-state index < -0.39 is 0 Å². The van der Waals surface area contributed by atoms with Crippen molar-refractivity contribution in [2.75, 3.05) is 11.4 Å². The van der Waals surface area contributed by atoms with Gasteiger partial charge in [-0.3, -0.25) is 0 Å². The number of para-hydroxylation sites is 1. The molecule has 1 unspecified atom stereocenters. The molecule has 1 atom stereocenters. The number of aliphatic hydroxyl groups excluding tert-OH is 1. The molecule has 0 radical (unpaired) electrons. The van der Waals surface area contributed by atoms with Crippen LogP contribution in [0.3, 0.4) is 0 Å². The Hall–Kier alpha value is -1.02. The van der Waals surface area contributed by atoms with Crippen LogP contribution in [0.2, 0.25) is 0 Å². The van der Waals surface area contributed by atoms with Gasteiger partial charge in [0.25, 0.3) is 0 Å². The van der Waals surface area contributed by atoms with Crippen molar-refractivity contribution < 1.29 is 5.11 Å². The van der Waals surface area contributed by atoms with E-state index in [1.165, 1.54) is 16.8 Å². The first kappa shape index (κ1) is 11.5. The summed E-state index contributed by atoms with van der Waals surface area (Å²) in [5.74, 6) is 0. The maximum Gasteiger partial charge on any atom is 0.0783 e. The topological polar surface area (TPSA) is 23.5 Å². The molecule has 16 heavy (non-hydrogen) atoms. The molecule has 2 rings (SSSR count). The maximum absolute atomic E-state index is 10.0. The molecule has 1 heterocycles. The molecule has 2 heteroatoms. The van der Waals surface area contributed by atoms with Crippen LogP contribution >= 0.6 is 0 Å². The first-order chi connectivity index (χ1) is 7.44. The van der Waals surface area contributed by atoms with Gasteiger partial charge in [-0.05, 0) is 45.2 Å². The maximum atomic E-state index is 10.0. The number of anilines is 1. The van der Waals surface area contributed by atoms with E-state index in [-0.39, 0.29) is 11.6 Å². The van der Waals surface area contributed by atoms with E-state index in [2.05, 4.69) is 50.8 Å². The van der Waals surface area contributed by atoms with E-state index in [1.807, 2.05) is 0 Å². The number of rotatable bonds is 1. The Morgan fingerprint density at radius 1 is 1.25 bits per heavy atom. The van der Waals surface area contributed by atoms with E-state index in [4.69, 9.17) is 0 Å². The first-order valence-corrected chi connectivity index (χ1v) is 5.96. The molecule has 1 aliphatic rings. The third-order valence-electron chi connectivity index (χ3n) is 3.85. The predicted octanol–water partition coefficient (Wildman–Crippen LogP) is 2.65. The number of benzene rings is 1. The molecule has 1 fully saturated rings. The van der Waals surface area contributed by atoms with Crippen molar-refractivity contribution in [1.82, 2.24) is 0 Å². The monoisotopic (exact) mass is 219 g/mol. The summed E-state index contributed by atoms with van der Waals surface area (Å²) >= 11 is 0. The van der Waals surface area contributed by atoms with Gasteiger partial charge >= 0.3 is 0 Å². The second-order valence-electron chi connectivity index (χ2n) is 5.35. The highest BCUT2D eigenvalue weighted by Gasteiger charge is 2.41. The minimum Gasteiger partial charge on any atom is -0.391 e. The normalized spacial score (nSPS) is 23.8. The molecule has 2 nitrogen and oxygen atoms in total. The van der Waals surface area contributed by atoms with Gasteiger partial charge in [-0.2, -0.15) is 0 Å². The largest absolute Gasteiger partial charge is 0.391 e. The summed E-state index contributed by atoms with van der Waals surface area (Å²) in [4.78, 5) is 2.35. The van der Waals surface area contributed by atoms with Crippen molar-refractivity contribution in [3.63, 3.8) is 0 Å². The van der Waals surface area contributed by atoms with Gasteiger partial charge in [0, 0.05) is 12.2 Å². The van der Waals surface area contributed by atoms with Crippen LogP contribution in [-0.2, 0) is 0 Å². The third-order valence-corrected chi connectivity index (χ3v) is 3.85. The van der Waals surface area contributed by atoms with Gasteiger partial charge < -0.3 is 10.0 Å². The zero-order valence-corrected chi connectivity index (χ0v) is 10.6. The highest BCUT2D eigenvalue weighted by Crippen LogP contribution is 2.37. The van der Waals surface area contributed by atoms with Crippen LogP contribution in [0.15, 0.2) is 18.2 Å². The standard InChI is InChI=1S/C14H21NO/c1-10-6-5-7-11(2)13(10)15-9-8-12(16)14(15,3)4/h5-7,12,16H,8-9H2,1-4H3. The highest BCUT2D eigenvalue weighted by atomic mass is 16.3. The van der Waals surface area contributed by atoms with Gasteiger partial charge in [0.1, 0.15) is 0 Å². The lowest BCUT2D eigenvalue weighted by molar-refractivity contribution is 0.127. The fraction of sp³-hybridized carbons (Fsp3) is 0.571. The van der Waals surface area contributed by atoms with Crippen LogP contribution in [-0.4, -0.2) is 23.3 Å². The Labute approximate surface area is 97.9 Å². The van der Waals surface area contributed by atoms with Crippen LogP contribution in [0.5, 0.6) is 0 Å². The summed E-state index contributed by atoms with van der Waals surface area (Å²) in [6.07, 6.45) is 0.632. The second-order valence-corrected chi connectivity index (χ2v) is 5.35. The average molecular weight is 219 g/mol. The van der Waals surface area contributed by atoms with Crippen molar-refractivity contribution in [3.05, 3.63) is 29.3 Å². The quantitative estimate of drug-likeness (QED) is 0.785. The molecular formula is C14H21NO. The smallest absolute Gasteiger partial charge is 0.0783 e. The van der Waals surface area contributed by atoms with Crippen molar-refractivity contribution in [2.24, 2.45) is 0 Å². The van der Waals surface area contributed by atoms with Gasteiger partial charge in [-0.15, -0.1) is 0 Å². The van der Waals surface area contributed by atoms with Crippen LogP contribution in [0.25, 0.3) is 0 Å². The molecule has 1 saturated heterocycles. The lowest BCUT2D eigenvalue weighted by atomic mass is 9.96. The molecule has 0 aromatic heterocycles. The Kier molecular flexibility index (Phi) is 2.70. The van der Waals surface area contributed by atoms with Crippen LogP contribution in [0, 0.1) is 13.8 Å². The summed E-state index contributed by atoms with van der Waals surface area (Å²) in [6.45, 7) is 9.47. The average Bonchev–Trinajstić information content (AvgIpc) is 2.44. The van der Waals surface area contributed by atoms with Crippen molar-refractivity contribution >= 4 is 5.69 Å². The highest BCUT2D eigenvalue weighted by molar-refractivity contribution is 5.61. The first-order valence-electron chi connectivity index (χ1n) is 5.96. The van der Waals surface area contributed by atoms with Gasteiger partial charge in [-0.1, -0.05) is 18.2 Å². The summed E-state index contributed by atoms with van der Waals surface area (Å²) in [5.41, 5.74) is 3.73. The lowest BCUT2D eigenvalue weighted by Gasteiger charge is -2.37. The minimum atomic E-state index is -0.230. The molecule has 1 N–H and O–H groups in total. The zero-order chi connectivity index (χ0) is 11.9. The lowest BCUT2D eigenvalue weighted by Crippen LogP contribution is -2.45. The number of aliphatic hydroxyl groups is 1. The SMILES string of the molecule is Cc1cccc(C)c1N1CCC(O)C1(C)C. The van der Waals surface area contributed by atoms with E-state index in [0.29, 0.717) is 0 Å². The van der Waals surface area contributed by atoms with Gasteiger partial charge in [-0.25, -0.2) is 0 Å². The fourth-order valence-corrected chi connectivity index (χ4v) is 2.70. The van der Waals surface area contributed by atoms with Crippen LogP contribution in [0.4, 0.5) is 5.69 Å². The van der Waals surface area contributed by atoms with Crippen LogP contribution < -0.4 is 4.90 Å². The molecule has 0 saturated carbocycles. The Balaban J connectivity index is 2.46. The van der Waals surface area contributed by atoms with Crippen molar-refractivity contribution in [2.45, 2.75) is 45.8 Å². The third kappa shape index (κ3) is 1.61. The fourth-order valence-electron chi connectivity index (χ4n) is 2.70. The molecule has 0 bridgehead atoms. The number of nitrogens with zero attached hydrogens (tertiary/aromatic N) is 1. The van der Waals surface area contributed by atoms with Gasteiger partial charge in [0.15, 0.2) is 0 Å². The molecule has 0 aliphatic carbocycles. The van der Waals surface area contributed by atoms with E-state index in [1.54, 1.807) is 0 Å². The van der Waals surface area contributed by atoms with E-state index >= 15 is 0 Å². The molecule has 0 spiro atoms. The summed E-state index contributed by atoms with van der Waals surface area (Å²) in [5, 5.41) is 10.0. The Morgan fingerprint density at radius 3 is 2.25 bits per heavy atom. The minimum absolute atomic E-state index is 0.156. The Morgan fingerprint density at radius 2 is 1.81 bits per heavy atom. The molecule has 1 aliphatic heterocycles. The molecule has 0 amide bonds. The van der Waals surface area contributed by atoms with Crippen molar-refractivity contribution in [1.29, 1.82) is 0 Å². The zero-order valence-electron chi connectivity index (χ0n) is 10.6. The predicted molar refractivity (Wildman–Crippen MR) is 68.0 cm³/mol. The van der Waals surface area contributed by atoms with Crippen molar-refractivity contribution in [3.8, 4) is 0 Å². The van der Waals surface area contributed by atoms with Crippen LogP contribution in [0.1, 0.15) is 31.4 Å². The number of aryl methyl sites for hydroxylation is 2. The van der Waals surface area contributed by atoms with E-state index in [0.717, 1.165) is 13.0 Å². The Bertz CT molecular complexity index is 377.